The van der Waals surface area contributed by atoms with Crippen LogP contribution in [0, 0.1) is 23.5 Å². The van der Waals surface area contributed by atoms with Gasteiger partial charge in [0.15, 0.2) is 0 Å². The lowest BCUT2D eigenvalue weighted by atomic mass is 9.94. The SMILES string of the molecule is C[C@@H]1C[C@H](C)CN(S(=O)(=O)c2ccc(F)c(C(=O)Nc3ccc(F)cc3)c2)C1. The molecule has 0 saturated carbocycles. The van der Waals surface area contributed by atoms with Crippen molar-refractivity contribution < 1.29 is 22.0 Å². The second-order valence-electron chi connectivity index (χ2n) is 7.37. The van der Waals surface area contributed by atoms with Gasteiger partial charge >= 0.3 is 0 Å². The highest BCUT2D eigenvalue weighted by Crippen LogP contribution is 2.27. The Kier molecular flexibility index (Phi) is 5.81. The van der Waals surface area contributed by atoms with E-state index in [2.05, 4.69) is 5.32 Å². The average Bonchev–Trinajstić information content (AvgIpc) is 2.63. The van der Waals surface area contributed by atoms with Gasteiger partial charge in [-0.25, -0.2) is 17.2 Å². The minimum absolute atomic E-state index is 0.126. The third-order valence-electron chi connectivity index (χ3n) is 4.76. The van der Waals surface area contributed by atoms with Crippen LogP contribution in [-0.2, 0) is 10.0 Å². The number of carbonyl (C=O) groups excluding carboxylic acids is 1. The first kappa shape index (κ1) is 20.4. The smallest absolute Gasteiger partial charge is 0.258 e. The van der Waals surface area contributed by atoms with Crippen molar-refractivity contribution in [2.45, 2.75) is 25.2 Å². The maximum Gasteiger partial charge on any atom is 0.258 e. The van der Waals surface area contributed by atoms with Gasteiger partial charge in [-0.05, 0) is 60.7 Å². The molecule has 1 aliphatic rings. The van der Waals surface area contributed by atoms with Gasteiger partial charge in [0.05, 0.1) is 10.5 Å². The summed E-state index contributed by atoms with van der Waals surface area (Å²) in [5.74, 6) is -1.66. The van der Waals surface area contributed by atoms with Gasteiger partial charge in [0.1, 0.15) is 11.6 Å². The molecule has 0 aromatic heterocycles. The van der Waals surface area contributed by atoms with Crippen LogP contribution in [0.3, 0.4) is 0 Å². The number of benzene rings is 2. The molecule has 8 heteroatoms. The third kappa shape index (κ3) is 4.39. The van der Waals surface area contributed by atoms with Gasteiger partial charge in [-0.1, -0.05) is 13.8 Å². The summed E-state index contributed by atoms with van der Waals surface area (Å²) in [6, 6.07) is 8.18. The number of anilines is 1. The molecule has 1 fully saturated rings. The van der Waals surface area contributed by atoms with Gasteiger partial charge in [0.25, 0.3) is 5.91 Å². The van der Waals surface area contributed by atoms with Crippen LogP contribution < -0.4 is 5.32 Å². The van der Waals surface area contributed by atoms with Gasteiger partial charge in [0.2, 0.25) is 10.0 Å². The van der Waals surface area contributed by atoms with Crippen LogP contribution in [0.25, 0.3) is 0 Å². The molecule has 5 nitrogen and oxygen atoms in total. The normalized spacial score (nSPS) is 20.7. The van der Waals surface area contributed by atoms with Gasteiger partial charge in [-0.2, -0.15) is 4.31 Å². The van der Waals surface area contributed by atoms with E-state index >= 15 is 0 Å². The number of piperidine rings is 1. The fourth-order valence-electron chi connectivity index (χ4n) is 3.52. The van der Waals surface area contributed by atoms with E-state index in [1.165, 1.54) is 22.5 Å². The zero-order valence-corrected chi connectivity index (χ0v) is 16.5. The molecule has 0 aliphatic carbocycles. The van der Waals surface area contributed by atoms with Crippen molar-refractivity contribution in [1.82, 2.24) is 4.31 Å². The lowest BCUT2D eigenvalue weighted by Gasteiger charge is -2.34. The molecular formula is C20H22F2N2O3S. The highest BCUT2D eigenvalue weighted by atomic mass is 32.2. The molecular weight excluding hydrogens is 386 g/mol. The minimum atomic E-state index is -3.84. The Hall–Kier alpha value is -2.32. The number of amides is 1. The molecule has 150 valence electrons. The van der Waals surface area contributed by atoms with E-state index in [-0.39, 0.29) is 28.0 Å². The second-order valence-corrected chi connectivity index (χ2v) is 9.31. The van der Waals surface area contributed by atoms with Crippen LogP contribution >= 0.6 is 0 Å². The van der Waals surface area contributed by atoms with E-state index in [1.54, 1.807) is 0 Å². The minimum Gasteiger partial charge on any atom is -0.322 e. The monoisotopic (exact) mass is 408 g/mol. The largest absolute Gasteiger partial charge is 0.322 e. The van der Waals surface area contributed by atoms with Crippen molar-refractivity contribution in [3.8, 4) is 0 Å². The second kappa shape index (κ2) is 7.97. The number of rotatable bonds is 4. The van der Waals surface area contributed by atoms with Crippen molar-refractivity contribution in [2.75, 3.05) is 18.4 Å². The van der Waals surface area contributed by atoms with E-state index in [0.717, 1.165) is 30.7 Å². The lowest BCUT2D eigenvalue weighted by Crippen LogP contribution is -2.42. The van der Waals surface area contributed by atoms with Crippen LogP contribution in [0.1, 0.15) is 30.6 Å². The van der Waals surface area contributed by atoms with Crippen LogP contribution in [0.2, 0.25) is 0 Å². The summed E-state index contributed by atoms with van der Waals surface area (Å²) in [5, 5.41) is 2.44. The molecule has 28 heavy (non-hydrogen) atoms. The molecule has 0 radical (unpaired) electrons. The standard InChI is InChI=1S/C20H22F2N2O3S/c1-13-9-14(2)12-24(11-13)28(26,27)17-7-8-19(22)18(10-17)20(25)23-16-5-3-15(21)4-6-16/h3-8,10,13-14H,9,11-12H2,1-2H3,(H,23,25)/t13-,14+. The molecule has 1 heterocycles. The number of nitrogens with zero attached hydrogens (tertiary/aromatic N) is 1. The highest BCUT2D eigenvalue weighted by Gasteiger charge is 2.32. The molecule has 0 unspecified atom stereocenters. The Bertz CT molecular complexity index is 967. The van der Waals surface area contributed by atoms with Crippen molar-refractivity contribution in [3.63, 3.8) is 0 Å². The average molecular weight is 408 g/mol. The number of sulfonamides is 1. The Labute approximate surface area is 163 Å². The van der Waals surface area contributed by atoms with Gasteiger partial charge in [-0.15, -0.1) is 0 Å². The number of hydrogen-bond donors (Lipinski definition) is 1. The molecule has 1 amide bonds. The Morgan fingerprint density at radius 3 is 2.25 bits per heavy atom. The van der Waals surface area contributed by atoms with Gasteiger partial charge in [-0.3, -0.25) is 4.79 Å². The highest BCUT2D eigenvalue weighted by molar-refractivity contribution is 7.89. The van der Waals surface area contributed by atoms with E-state index in [0.29, 0.717) is 13.1 Å². The third-order valence-corrected chi connectivity index (χ3v) is 6.59. The summed E-state index contributed by atoms with van der Waals surface area (Å²) in [6.45, 7) is 4.76. The fraction of sp³-hybridized carbons (Fsp3) is 0.350. The molecule has 0 bridgehead atoms. The molecule has 1 saturated heterocycles. The molecule has 2 atom stereocenters. The topological polar surface area (TPSA) is 66.5 Å². The van der Waals surface area contributed by atoms with E-state index in [1.807, 2.05) is 13.8 Å². The summed E-state index contributed by atoms with van der Waals surface area (Å²) in [6.07, 6.45) is 0.945. The Balaban J connectivity index is 1.88. The predicted molar refractivity (Wildman–Crippen MR) is 102 cm³/mol. The fourth-order valence-corrected chi connectivity index (χ4v) is 5.23. The van der Waals surface area contributed by atoms with E-state index in [4.69, 9.17) is 0 Å². The van der Waals surface area contributed by atoms with E-state index < -0.39 is 27.6 Å². The predicted octanol–water partition coefficient (Wildman–Crippen LogP) is 3.88. The first-order valence-electron chi connectivity index (χ1n) is 9.03. The molecule has 1 aliphatic heterocycles. The zero-order valence-electron chi connectivity index (χ0n) is 15.7. The molecule has 0 spiro atoms. The number of carbonyl (C=O) groups is 1. The van der Waals surface area contributed by atoms with Gasteiger partial charge < -0.3 is 5.32 Å². The zero-order chi connectivity index (χ0) is 20.5. The maximum atomic E-state index is 14.2. The van der Waals surface area contributed by atoms with Crippen LogP contribution in [0.4, 0.5) is 14.5 Å². The number of hydrogen-bond acceptors (Lipinski definition) is 3. The van der Waals surface area contributed by atoms with Crippen LogP contribution in [0.15, 0.2) is 47.4 Å². The Morgan fingerprint density at radius 1 is 1.04 bits per heavy atom. The summed E-state index contributed by atoms with van der Waals surface area (Å²) < 4.78 is 54.6. The molecule has 1 N–H and O–H groups in total. The van der Waals surface area contributed by atoms with Crippen molar-refractivity contribution in [1.29, 1.82) is 0 Å². The van der Waals surface area contributed by atoms with Gasteiger partial charge in [0, 0.05) is 18.8 Å². The van der Waals surface area contributed by atoms with Crippen LogP contribution in [0.5, 0.6) is 0 Å². The summed E-state index contributed by atoms with van der Waals surface area (Å²) in [4.78, 5) is 12.3. The summed E-state index contributed by atoms with van der Waals surface area (Å²) in [5.41, 5.74) is -0.110. The van der Waals surface area contributed by atoms with Crippen molar-refractivity contribution in [2.24, 2.45) is 11.8 Å². The summed E-state index contributed by atoms with van der Waals surface area (Å²) in [7, 11) is -3.84. The quantitative estimate of drug-likeness (QED) is 0.835. The van der Waals surface area contributed by atoms with Crippen molar-refractivity contribution in [3.05, 3.63) is 59.7 Å². The summed E-state index contributed by atoms with van der Waals surface area (Å²) >= 11 is 0. The Morgan fingerprint density at radius 2 is 1.64 bits per heavy atom. The van der Waals surface area contributed by atoms with Crippen LogP contribution in [-0.4, -0.2) is 31.7 Å². The lowest BCUT2D eigenvalue weighted by molar-refractivity contribution is 0.102. The number of halogens is 2. The first-order valence-corrected chi connectivity index (χ1v) is 10.5. The molecule has 2 aromatic rings. The molecule has 3 rings (SSSR count). The van der Waals surface area contributed by atoms with E-state index in [9.17, 15) is 22.0 Å². The maximum absolute atomic E-state index is 14.2. The van der Waals surface area contributed by atoms with Crippen molar-refractivity contribution >= 4 is 21.6 Å². The number of nitrogens with one attached hydrogen (secondary N) is 1. The first-order chi connectivity index (χ1) is 13.2. The molecule has 2 aromatic carbocycles.